The minimum absolute atomic E-state index is 0.252. The summed E-state index contributed by atoms with van der Waals surface area (Å²) < 4.78 is 5.51. The summed E-state index contributed by atoms with van der Waals surface area (Å²) in [5.74, 6) is 0.252. The number of benzene rings is 1. The first-order valence-corrected chi connectivity index (χ1v) is 6.59. The molecule has 0 aliphatic carbocycles. The molecule has 2 nitrogen and oxygen atoms in total. The van der Waals surface area contributed by atoms with Gasteiger partial charge in [-0.05, 0) is 30.9 Å². The molecule has 1 aliphatic rings. The zero-order chi connectivity index (χ0) is 12.3. The summed E-state index contributed by atoms with van der Waals surface area (Å²) in [6.45, 7) is 4.93. The molecule has 3 unspecified atom stereocenters. The third kappa shape index (κ3) is 3.08. The quantitative estimate of drug-likeness (QED) is 0.867. The number of aliphatic hydroxyl groups excluding tert-OH is 1. The molecule has 0 bridgehead atoms. The van der Waals surface area contributed by atoms with Crippen molar-refractivity contribution in [2.75, 3.05) is 6.61 Å². The fraction of sp³-hybridized carbons (Fsp3) is 0.600. The second kappa shape index (κ2) is 5.65. The van der Waals surface area contributed by atoms with E-state index in [-0.39, 0.29) is 18.1 Å². The first-order chi connectivity index (χ1) is 8.20. The van der Waals surface area contributed by atoms with Gasteiger partial charge in [-0.3, -0.25) is 0 Å². The lowest BCUT2D eigenvalue weighted by Gasteiger charge is -2.17. The van der Waals surface area contributed by atoms with Crippen molar-refractivity contribution in [2.45, 2.75) is 45.3 Å². The average molecular weight is 234 g/mol. The number of ether oxygens (including phenoxy) is 1. The van der Waals surface area contributed by atoms with E-state index in [0.717, 1.165) is 24.8 Å². The van der Waals surface area contributed by atoms with E-state index in [4.69, 9.17) is 4.74 Å². The molecule has 1 saturated heterocycles. The van der Waals surface area contributed by atoms with Crippen LogP contribution in [0.4, 0.5) is 0 Å². The lowest BCUT2D eigenvalue weighted by molar-refractivity contribution is 0.0804. The van der Waals surface area contributed by atoms with Crippen LogP contribution in [-0.2, 0) is 11.2 Å². The summed E-state index contributed by atoms with van der Waals surface area (Å²) in [7, 11) is 0. The zero-order valence-electron chi connectivity index (χ0n) is 10.7. The summed E-state index contributed by atoms with van der Waals surface area (Å²) >= 11 is 0. The van der Waals surface area contributed by atoms with Gasteiger partial charge < -0.3 is 9.84 Å². The van der Waals surface area contributed by atoms with Crippen LogP contribution in [-0.4, -0.2) is 17.8 Å². The minimum Gasteiger partial charge on any atom is -0.388 e. The third-order valence-electron chi connectivity index (χ3n) is 3.54. The predicted molar refractivity (Wildman–Crippen MR) is 68.9 cm³/mol. The van der Waals surface area contributed by atoms with Crippen LogP contribution >= 0.6 is 0 Å². The molecule has 1 heterocycles. The molecule has 0 saturated carbocycles. The van der Waals surface area contributed by atoms with Gasteiger partial charge in [0.2, 0.25) is 0 Å². The van der Waals surface area contributed by atoms with Crippen molar-refractivity contribution in [2.24, 2.45) is 5.92 Å². The van der Waals surface area contributed by atoms with E-state index in [9.17, 15) is 5.11 Å². The standard InChI is InChI=1S/C15H22O2/c1-3-4-12-5-7-13(8-6-12)15(16)14-9-11(2)17-10-14/h5-8,11,14-16H,3-4,9-10H2,1-2H3. The van der Waals surface area contributed by atoms with Gasteiger partial charge >= 0.3 is 0 Å². The molecule has 17 heavy (non-hydrogen) atoms. The van der Waals surface area contributed by atoms with Gasteiger partial charge in [-0.1, -0.05) is 37.6 Å². The zero-order valence-corrected chi connectivity index (χ0v) is 10.7. The van der Waals surface area contributed by atoms with Gasteiger partial charge in [0.15, 0.2) is 0 Å². The van der Waals surface area contributed by atoms with Crippen LogP contribution in [0.3, 0.4) is 0 Å². The molecule has 1 aromatic rings. The first kappa shape index (κ1) is 12.6. The maximum absolute atomic E-state index is 10.3. The van der Waals surface area contributed by atoms with Gasteiger partial charge in [0.25, 0.3) is 0 Å². The normalized spacial score (nSPS) is 26.1. The molecular formula is C15H22O2. The first-order valence-electron chi connectivity index (χ1n) is 6.59. The fourth-order valence-corrected chi connectivity index (χ4v) is 2.51. The highest BCUT2D eigenvalue weighted by molar-refractivity contribution is 5.24. The predicted octanol–water partition coefficient (Wildman–Crippen LogP) is 3.10. The van der Waals surface area contributed by atoms with E-state index in [0.29, 0.717) is 6.61 Å². The molecule has 94 valence electrons. The number of hydrogen-bond donors (Lipinski definition) is 1. The molecule has 0 radical (unpaired) electrons. The van der Waals surface area contributed by atoms with Crippen molar-refractivity contribution >= 4 is 0 Å². The van der Waals surface area contributed by atoms with Crippen molar-refractivity contribution < 1.29 is 9.84 Å². The van der Waals surface area contributed by atoms with Crippen LogP contribution in [0.1, 0.15) is 43.9 Å². The van der Waals surface area contributed by atoms with E-state index in [1.165, 1.54) is 5.56 Å². The van der Waals surface area contributed by atoms with Crippen molar-refractivity contribution in [1.29, 1.82) is 0 Å². The van der Waals surface area contributed by atoms with Gasteiger partial charge in [-0.15, -0.1) is 0 Å². The number of aliphatic hydroxyl groups is 1. The van der Waals surface area contributed by atoms with Crippen LogP contribution in [0.25, 0.3) is 0 Å². The van der Waals surface area contributed by atoms with Crippen LogP contribution in [0.15, 0.2) is 24.3 Å². The van der Waals surface area contributed by atoms with Crippen molar-refractivity contribution in [1.82, 2.24) is 0 Å². The number of rotatable bonds is 4. The second-order valence-electron chi connectivity index (χ2n) is 5.08. The van der Waals surface area contributed by atoms with Gasteiger partial charge in [0.1, 0.15) is 0 Å². The molecule has 3 atom stereocenters. The van der Waals surface area contributed by atoms with Crippen LogP contribution in [0.2, 0.25) is 0 Å². The molecule has 1 fully saturated rings. The maximum Gasteiger partial charge on any atom is 0.0841 e. The summed E-state index contributed by atoms with van der Waals surface area (Å²) in [5, 5.41) is 10.3. The summed E-state index contributed by atoms with van der Waals surface area (Å²) in [6.07, 6.45) is 3.14. The number of hydrogen-bond acceptors (Lipinski definition) is 2. The topological polar surface area (TPSA) is 29.5 Å². The van der Waals surface area contributed by atoms with Gasteiger partial charge in [0.05, 0.1) is 18.8 Å². The average Bonchev–Trinajstić information content (AvgIpc) is 2.76. The highest BCUT2D eigenvalue weighted by Gasteiger charge is 2.29. The van der Waals surface area contributed by atoms with E-state index in [1.54, 1.807) is 0 Å². The van der Waals surface area contributed by atoms with Gasteiger partial charge in [0, 0.05) is 5.92 Å². The highest BCUT2D eigenvalue weighted by atomic mass is 16.5. The highest BCUT2D eigenvalue weighted by Crippen LogP contribution is 2.31. The SMILES string of the molecule is CCCc1ccc(C(O)C2COC(C)C2)cc1. The molecule has 0 aromatic heterocycles. The Balaban J connectivity index is 2.01. The Morgan fingerprint density at radius 3 is 2.59 bits per heavy atom. The van der Waals surface area contributed by atoms with Crippen LogP contribution in [0.5, 0.6) is 0 Å². The van der Waals surface area contributed by atoms with Gasteiger partial charge in [-0.2, -0.15) is 0 Å². The van der Waals surface area contributed by atoms with Crippen molar-refractivity contribution in [3.8, 4) is 0 Å². The lowest BCUT2D eigenvalue weighted by Crippen LogP contribution is -2.12. The number of aryl methyl sites for hydroxylation is 1. The lowest BCUT2D eigenvalue weighted by atomic mass is 9.93. The van der Waals surface area contributed by atoms with Crippen molar-refractivity contribution in [3.05, 3.63) is 35.4 Å². The van der Waals surface area contributed by atoms with Gasteiger partial charge in [-0.25, -0.2) is 0 Å². The Kier molecular flexibility index (Phi) is 4.19. The largest absolute Gasteiger partial charge is 0.388 e. The molecule has 2 rings (SSSR count). The summed E-state index contributed by atoms with van der Waals surface area (Å²) in [4.78, 5) is 0. The van der Waals surface area contributed by atoms with Crippen LogP contribution < -0.4 is 0 Å². The van der Waals surface area contributed by atoms with Crippen LogP contribution in [0, 0.1) is 5.92 Å². The van der Waals surface area contributed by atoms with E-state index in [1.807, 2.05) is 0 Å². The Morgan fingerprint density at radius 2 is 2.06 bits per heavy atom. The Labute approximate surface area is 104 Å². The Hall–Kier alpha value is -0.860. The molecule has 2 heteroatoms. The van der Waals surface area contributed by atoms with E-state index in [2.05, 4.69) is 38.1 Å². The van der Waals surface area contributed by atoms with E-state index >= 15 is 0 Å². The molecule has 1 N–H and O–H groups in total. The summed E-state index contributed by atoms with van der Waals surface area (Å²) in [6, 6.07) is 8.36. The molecule has 1 aromatic carbocycles. The fourth-order valence-electron chi connectivity index (χ4n) is 2.51. The summed E-state index contributed by atoms with van der Waals surface area (Å²) in [5.41, 5.74) is 2.37. The Morgan fingerprint density at radius 1 is 1.35 bits per heavy atom. The molecule has 0 amide bonds. The third-order valence-corrected chi connectivity index (χ3v) is 3.54. The van der Waals surface area contributed by atoms with E-state index < -0.39 is 0 Å². The molecule has 1 aliphatic heterocycles. The smallest absolute Gasteiger partial charge is 0.0841 e. The monoisotopic (exact) mass is 234 g/mol. The second-order valence-corrected chi connectivity index (χ2v) is 5.08. The Bertz CT molecular complexity index is 344. The minimum atomic E-state index is -0.379. The maximum atomic E-state index is 10.3. The molecule has 0 spiro atoms. The molecular weight excluding hydrogens is 212 g/mol. The van der Waals surface area contributed by atoms with Crippen molar-refractivity contribution in [3.63, 3.8) is 0 Å².